The molecular weight excluding hydrogens is 392 g/mol. The molecule has 1 saturated heterocycles. The monoisotopic (exact) mass is 408 g/mol. The molecule has 0 spiro atoms. The van der Waals surface area contributed by atoms with Gasteiger partial charge in [0, 0.05) is 36.0 Å². The van der Waals surface area contributed by atoms with Crippen molar-refractivity contribution >= 4 is 22.8 Å². The molecule has 2 atom stereocenters. The van der Waals surface area contributed by atoms with Crippen LogP contribution in [0.4, 0.5) is 23.4 Å². The molecular formula is C18H16F4N6O. The maximum Gasteiger partial charge on any atom is 0.405 e. The molecule has 29 heavy (non-hydrogen) atoms. The van der Waals surface area contributed by atoms with Gasteiger partial charge in [0.15, 0.2) is 5.82 Å². The van der Waals surface area contributed by atoms with E-state index in [1.54, 1.807) is 18.5 Å². The van der Waals surface area contributed by atoms with Crippen LogP contribution < -0.4 is 10.2 Å². The number of halogens is 4. The fourth-order valence-electron chi connectivity index (χ4n) is 3.37. The Hall–Kier alpha value is -3.24. The molecule has 1 aliphatic rings. The van der Waals surface area contributed by atoms with E-state index in [1.807, 2.05) is 11.4 Å². The molecule has 11 heteroatoms. The normalized spacial score (nSPS) is 19.7. The highest BCUT2D eigenvalue weighted by atomic mass is 19.4. The van der Waals surface area contributed by atoms with E-state index in [4.69, 9.17) is 0 Å². The first-order chi connectivity index (χ1) is 13.8. The highest BCUT2D eigenvalue weighted by molar-refractivity contribution is 5.91. The predicted molar refractivity (Wildman–Crippen MR) is 96.8 cm³/mol. The summed E-state index contributed by atoms with van der Waals surface area (Å²) in [5.74, 6) is -0.294. The van der Waals surface area contributed by atoms with Crippen LogP contribution >= 0.6 is 0 Å². The van der Waals surface area contributed by atoms with Crippen LogP contribution in [-0.4, -0.2) is 57.3 Å². The van der Waals surface area contributed by atoms with Crippen LogP contribution in [0.5, 0.6) is 0 Å². The number of amides is 1. The van der Waals surface area contributed by atoms with Crippen molar-refractivity contribution in [1.82, 2.24) is 25.3 Å². The molecule has 3 aromatic heterocycles. The van der Waals surface area contributed by atoms with Crippen molar-refractivity contribution in [2.45, 2.75) is 24.8 Å². The molecule has 0 saturated carbocycles. The molecule has 4 rings (SSSR count). The van der Waals surface area contributed by atoms with Gasteiger partial charge < -0.3 is 15.2 Å². The maximum atomic E-state index is 14.0. The highest BCUT2D eigenvalue weighted by Crippen LogP contribution is 2.29. The Morgan fingerprint density at radius 2 is 2.10 bits per heavy atom. The maximum absolute atomic E-state index is 14.0. The zero-order valence-corrected chi connectivity index (χ0v) is 14.9. The van der Waals surface area contributed by atoms with Crippen LogP contribution in [-0.2, 0) is 4.79 Å². The van der Waals surface area contributed by atoms with Crippen molar-refractivity contribution in [3.63, 3.8) is 0 Å². The van der Waals surface area contributed by atoms with Gasteiger partial charge in [-0.2, -0.15) is 13.2 Å². The Morgan fingerprint density at radius 3 is 2.90 bits per heavy atom. The number of anilines is 1. The molecule has 1 fully saturated rings. The van der Waals surface area contributed by atoms with Crippen LogP contribution in [0.1, 0.15) is 6.42 Å². The van der Waals surface area contributed by atoms with Crippen LogP contribution in [0.2, 0.25) is 0 Å². The predicted octanol–water partition coefficient (Wildman–Crippen LogP) is 2.62. The minimum atomic E-state index is -4.54. The van der Waals surface area contributed by atoms with Gasteiger partial charge in [0.2, 0.25) is 5.91 Å². The lowest BCUT2D eigenvalue weighted by Crippen LogP contribution is -2.46. The van der Waals surface area contributed by atoms with Gasteiger partial charge in [0.05, 0.1) is 6.54 Å². The summed E-state index contributed by atoms with van der Waals surface area (Å²) in [4.78, 5) is 29.5. The minimum Gasteiger partial charge on any atom is -0.345 e. The number of rotatable bonds is 4. The van der Waals surface area contributed by atoms with E-state index < -0.39 is 30.8 Å². The number of nitrogens with one attached hydrogen (secondary N) is 2. The second kappa shape index (κ2) is 7.30. The molecule has 4 heterocycles. The van der Waals surface area contributed by atoms with Gasteiger partial charge in [0.25, 0.3) is 0 Å². The molecule has 0 aliphatic carbocycles. The summed E-state index contributed by atoms with van der Waals surface area (Å²) in [7, 11) is 0. The van der Waals surface area contributed by atoms with Gasteiger partial charge in [-0.05, 0) is 18.2 Å². The van der Waals surface area contributed by atoms with Gasteiger partial charge in [-0.15, -0.1) is 0 Å². The van der Waals surface area contributed by atoms with E-state index in [0.717, 1.165) is 5.39 Å². The quantitative estimate of drug-likeness (QED) is 0.648. The Labute approximate surface area is 162 Å². The van der Waals surface area contributed by atoms with E-state index in [1.165, 1.54) is 17.2 Å². The second-order valence-corrected chi connectivity index (χ2v) is 6.67. The minimum absolute atomic E-state index is 0.143. The second-order valence-electron chi connectivity index (χ2n) is 6.67. The SMILES string of the molecule is O=C(NCC(F)(F)F)[C@H]1C[C@@H](F)CN1c1ccnc(-c2c[nH]c3ncccc23)n1. The summed E-state index contributed by atoms with van der Waals surface area (Å²) >= 11 is 0. The van der Waals surface area contributed by atoms with E-state index in [-0.39, 0.29) is 18.8 Å². The first-order valence-electron chi connectivity index (χ1n) is 8.82. The largest absolute Gasteiger partial charge is 0.405 e. The Balaban J connectivity index is 1.62. The van der Waals surface area contributed by atoms with Crippen molar-refractivity contribution < 1.29 is 22.4 Å². The number of carbonyl (C=O) groups excluding carboxylic acids is 1. The average Bonchev–Trinajstić information content (AvgIpc) is 3.29. The Morgan fingerprint density at radius 1 is 1.28 bits per heavy atom. The van der Waals surface area contributed by atoms with Crippen molar-refractivity contribution in [3.05, 3.63) is 36.8 Å². The molecule has 3 aromatic rings. The molecule has 7 nitrogen and oxygen atoms in total. The Kier molecular flexibility index (Phi) is 4.81. The smallest absolute Gasteiger partial charge is 0.345 e. The van der Waals surface area contributed by atoms with E-state index in [9.17, 15) is 22.4 Å². The number of H-pyrrole nitrogens is 1. The summed E-state index contributed by atoms with van der Waals surface area (Å²) in [5.41, 5.74) is 1.31. The average molecular weight is 408 g/mol. The van der Waals surface area contributed by atoms with E-state index in [0.29, 0.717) is 17.0 Å². The standard InChI is InChI=1S/C18H16F4N6O/c19-10-6-13(17(29)26-9-18(20,21)22)28(8-10)14-3-5-24-16(27-14)12-7-25-15-11(12)2-1-4-23-15/h1-5,7,10,13H,6,8-9H2,(H,23,25)(H,26,29)/t10-,13-/m1/s1. The Bertz CT molecular complexity index is 1040. The van der Waals surface area contributed by atoms with Crippen LogP contribution in [0.25, 0.3) is 22.4 Å². The van der Waals surface area contributed by atoms with Gasteiger partial charge in [-0.3, -0.25) is 4.79 Å². The van der Waals surface area contributed by atoms with Crippen molar-refractivity contribution in [2.75, 3.05) is 18.0 Å². The molecule has 1 aliphatic heterocycles. The molecule has 0 radical (unpaired) electrons. The number of aromatic amines is 1. The summed E-state index contributed by atoms with van der Waals surface area (Å²) in [6, 6.07) is 4.02. The van der Waals surface area contributed by atoms with Crippen LogP contribution in [0.3, 0.4) is 0 Å². The molecule has 0 aromatic carbocycles. The third-order valence-electron chi connectivity index (χ3n) is 4.64. The lowest BCUT2D eigenvalue weighted by atomic mass is 10.2. The zero-order valence-electron chi connectivity index (χ0n) is 14.9. The lowest BCUT2D eigenvalue weighted by molar-refractivity contribution is -0.139. The number of hydrogen-bond donors (Lipinski definition) is 2. The topological polar surface area (TPSA) is 86.8 Å². The van der Waals surface area contributed by atoms with Crippen molar-refractivity contribution in [3.8, 4) is 11.4 Å². The summed E-state index contributed by atoms with van der Waals surface area (Å²) in [6.07, 6.45) is -1.32. The first kappa shape index (κ1) is 19.1. The molecule has 152 valence electrons. The first-order valence-corrected chi connectivity index (χ1v) is 8.82. The molecule has 1 amide bonds. The van der Waals surface area contributed by atoms with Crippen molar-refractivity contribution in [1.29, 1.82) is 0 Å². The van der Waals surface area contributed by atoms with Crippen LogP contribution in [0, 0.1) is 0 Å². The summed E-state index contributed by atoms with van der Waals surface area (Å²) < 4.78 is 51.2. The number of carbonyl (C=O) groups is 1. The van der Waals surface area contributed by atoms with Crippen molar-refractivity contribution in [2.24, 2.45) is 0 Å². The van der Waals surface area contributed by atoms with Crippen LogP contribution in [0.15, 0.2) is 36.8 Å². The number of nitrogens with zero attached hydrogens (tertiary/aromatic N) is 4. The number of hydrogen-bond acceptors (Lipinski definition) is 5. The molecule has 0 unspecified atom stereocenters. The summed E-state index contributed by atoms with van der Waals surface area (Å²) in [6.45, 7) is -1.61. The van der Waals surface area contributed by atoms with Gasteiger partial charge in [0.1, 0.15) is 30.2 Å². The fraction of sp³-hybridized carbons (Fsp3) is 0.333. The lowest BCUT2D eigenvalue weighted by Gasteiger charge is -2.24. The number of alkyl halides is 4. The van der Waals surface area contributed by atoms with Gasteiger partial charge in [-0.1, -0.05) is 0 Å². The molecule has 2 N–H and O–H groups in total. The van der Waals surface area contributed by atoms with Gasteiger partial charge >= 0.3 is 6.18 Å². The zero-order chi connectivity index (χ0) is 20.6. The van der Waals surface area contributed by atoms with Gasteiger partial charge in [-0.25, -0.2) is 19.3 Å². The number of aromatic nitrogens is 4. The number of pyridine rings is 1. The fourth-order valence-corrected chi connectivity index (χ4v) is 3.37. The third kappa shape index (κ3) is 3.98. The van der Waals surface area contributed by atoms with E-state index in [2.05, 4.69) is 19.9 Å². The number of fused-ring (bicyclic) bond motifs is 1. The third-order valence-corrected chi connectivity index (χ3v) is 4.64. The highest BCUT2D eigenvalue weighted by Gasteiger charge is 2.39. The molecule has 0 bridgehead atoms. The van der Waals surface area contributed by atoms with E-state index >= 15 is 0 Å². The summed E-state index contributed by atoms with van der Waals surface area (Å²) in [5, 5.41) is 2.61.